The first-order chi connectivity index (χ1) is 12.5. The zero-order chi connectivity index (χ0) is 18.5. The number of nitrogens with zero attached hydrogens (tertiary/aromatic N) is 4. The number of para-hydroxylation sites is 1. The smallest absolute Gasteiger partial charge is 0.261 e. The van der Waals surface area contributed by atoms with Crippen LogP contribution in [0.25, 0.3) is 5.69 Å². The lowest BCUT2D eigenvalue weighted by Crippen LogP contribution is -2.36. The summed E-state index contributed by atoms with van der Waals surface area (Å²) < 4.78 is 33.2. The van der Waals surface area contributed by atoms with Gasteiger partial charge in [-0.05, 0) is 41.6 Å². The van der Waals surface area contributed by atoms with E-state index in [9.17, 15) is 13.6 Å². The van der Waals surface area contributed by atoms with E-state index in [0.717, 1.165) is 12.1 Å². The van der Waals surface area contributed by atoms with Crippen LogP contribution in [0.2, 0.25) is 0 Å². The zero-order valence-electron chi connectivity index (χ0n) is 13.8. The van der Waals surface area contributed by atoms with Crippen LogP contribution in [0, 0.1) is 11.6 Å². The van der Waals surface area contributed by atoms with Crippen LogP contribution in [-0.2, 0) is 11.3 Å². The van der Waals surface area contributed by atoms with Crippen LogP contribution in [0.4, 0.5) is 8.78 Å². The van der Waals surface area contributed by atoms with E-state index in [2.05, 4.69) is 20.8 Å². The molecule has 0 aliphatic rings. The zero-order valence-corrected chi connectivity index (χ0v) is 13.8. The first-order valence-corrected chi connectivity index (χ1v) is 7.76. The molecule has 0 saturated carbocycles. The number of amides is 1. The van der Waals surface area contributed by atoms with E-state index in [0.29, 0.717) is 5.75 Å². The quantitative estimate of drug-likeness (QED) is 0.728. The summed E-state index contributed by atoms with van der Waals surface area (Å²) >= 11 is 0. The highest BCUT2D eigenvalue weighted by Crippen LogP contribution is 2.13. The van der Waals surface area contributed by atoms with Crippen LogP contribution in [0.1, 0.15) is 12.7 Å². The van der Waals surface area contributed by atoms with Gasteiger partial charge in [-0.25, -0.2) is 8.78 Å². The Kier molecular flexibility index (Phi) is 5.16. The number of nitrogens with one attached hydrogen (secondary N) is 1. The molecule has 3 rings (SSSR count). The lowest BCUT2D eigenvalue weighted by atomic mass is 10.3. The number of carbonyl (C=O) groups is 1. The van der Waals surface area contributed by atoms with Gasteiger partial charge in [0.05, 0.1) is 12.2 Å². The van der Waals surface area contributed by atoms with Crippen molar-refractivity contribution in [2.45, 2.75) is 19.6 Å². The molecule has 26 heavy (non-hydrogen) atoms. The molecule has 1 N–H and O–H groups in total. The van der Waals surface area contributed by atoms with Gasteiger partial charge in [0, 0.05) is 6.07 Å². The van der Waals surface area contributed by atoms with Crippen LogP contribution in [-0.4, -0.2) is 32.2 Å². The van der Waals surface area contributed by atoms with Gasteiger partial charge in [0.15, 0.2) is 23.6 Å². The number of hydrogen-bond acceptors (Lipinski definition) is 5. The van der Waals surface area contributed by atoms with Gasteiger partial charge in [0.2, 0.25) is 0 Å². The molecule has 7 nitrogen and oxygen atoms in total. The third kappa shape index (κ3) is 4.00. The molecule has 0 aliphatic carbocycles. The minimum absolute atomic E-state index is 0.00663. The number of rotatable bonds is 6. The second kappa shape index (κ2) is 7.68. The Morgan fingerprint density at radius 3 is 2.69 bits per heavy atom. The van der Waals surface area contributed by atoms with Gasteiger partial charge in [0.25, 0.3) is 5.91 Å². The summed E-state index contributed by atoms with van der Waals surface area (Å²) in [6.45, 7) is 1.61. The molecule has 3 aromatic rings. The maximum atomic E-state index is 13.4. The topological polar surface area (TPSA) is 81.9 Å². The van der Waals surface area contributed by atoms with Crippen LogP contribution < -0.4 is 10.1 Å². The molecule has 0 spiro atoms. The lowest BCUT2D eigenvalue weighted by molar-refractivity contribution is -0.127. The molecule has 2 aromatic carbocycles. The van der Waals surface area contributed by atoms with Crippen LogP contribution in [0.15, 0.2) is 48.5 Å². The standard InChI is InChI=1S/C17H15F2N5O2/c1-11(26-13-5-3-2-4-6-13)17(25)20-10-16-21-22-23-24(16)12-7-8-14(18)15(19)9-12/h2-9,11H,10H2,1H3,(H,20,25)/t11-/m0/s1. The average molecular weight is 359 g/mol. The normalized spacial score (nSPS) is 11.8. The minimum Gasteiger partial charge on any atom is -0.481 e. The van der Waals surface area contributed by atoms with Gasteiger partial charge in [-0.15, -0.1) is 5.10 Å². The minimum atomic E-state index is -1.02. The molecule has 0 saturated heterocycles. The van der Waals surface area contributed by atoms with Crippen LogP contribution in [0.3, 0.4) is 0 Å². The van der Waals surface area contributed by atoms with Crippen LogP contribution >= 0.6 is 0 Å². The van der Waals surface area contributed by atoms with Gasteiger partial charge < -0.3 is 10.1 Å². The fourth-order valence-corrected chi connectivity index (χ4v) is 2.20. The summed E-state index contributed by atoms with van der Waals surface area (Å²) in [5.41, 5.74) is 0.242. The Balaban J connectivity index is 1.64. The van der Waals surface area contributed by atoms with Gasteiger partial charge in [-0.2, -0.15) is 4.68 Å². The Hall–Kier alpha value is -3.36. The van der Waals surface area contributed by atoms with E-state index in [1.165, 1.54) is 10.7 Å². The molecule has 134 valence electrons. The number of benzene rings is 2. The van der Waals surface area contributed by atoms with Gasteiger partial charge >= 0.3 is 0 Å². The van der Waals surface area contributed by atoms with E-state index in [1.54, 1.807) is 31.2 Å². The van der Waals surface area contributed by atoms with Gasteiger partial charge in [-0.3, -0.25) is 4.79 Å². The molecule has 1 heterocycles. The van der Waals surface area contributed by atoms with Crippen molar-refractivity contribution in [1.29, 1.82) is 0 Å². The highest BCUT2D eigenvalue weighted by atomic mass is 19.2. The fraction of sp³-hybridized carbons (Fsp3) is 0.176. The molecule has 1 atom stereocenters. The van der Waals surface area contributed by atoms with E-state index >= 15 is 0 Å². The Morgan fingerprint density at radius 2 is 1.96 bits per heavy atom. The van der Waals surface area contributed by atoms with E-state index in [4.69, 9.17) is 4.74 Å². The molecule has 0 bridgehead atoms. The predicted octanol–water partition coefficient (Wildman–Crippen LogP) is 2.02. The van der Waals surface area contributed by atoms with Crippen molar-refractivity contribution >= 4 is 5.91 Å². The van der Waals surface area contributed by atoms with Crippen molar-refractivity contribution < 1.29 is 18.3 Å². The lowest BCUT2D eigenvalue weighted by Gasteiger charge is -2.14. The summed E-state index contributed by atoms with van der Waals surface area (Å²) in [6.07, 6.45) is -0.731. The molecule has 9 heteroatoms. The van der Waals surface area contributed by atoms with Crippen molar-refractivity contribution in [3.05, 3.63) is 66.0 Å². The van der Waals surface area contributed by atoms with E-state index < -0.39 is 17.7 Å². The predicted molar refractivity (Wildman–Crippen MR) is 87.4 cm³/mol. The number of halogens is 2. The Bertz CT molecular complexity index is 901. The molecule has 1 aromatic heterocycles. The number of hydrogen-bond donors (Lipinski definition) is 1. The van der Waals surface area contributed by atoms with Crippen molar-refractivity contribution in [1.82, 2.24) is 25.5 Å². The second-order valence-corrected chi connectivity index (χ2v) is 5.40. The van der Waals surface area contributed by atoms with Gasteiger partial charge in [-0.1, -0.05) is 18.2 Å². The van der Waals surface area contributed by atoms with Crippen molar-refractivity contribution in [2.75, 3.05) is 0 Å². The summed E-state index contributed by atoms with van der Waals surface area (Å²) in [5, 5.41) is 13.7. The van der Waals surface area contributed by atoms with Crippen molar-refractivity contribution in [3.63, 3.8) is 0 Å². The highest BCUT2D eigenvalue weighted by molar-refractivity contribution is 5.80. The summed E-state index contributed by atoms with van der Waals surface area (Å²) in [6, 6.07) is 12.2. The number of ether oxygens (including phenoxy) is 1. The molecule has 1 amide bonds. The van der Waals surface area contributed by atoms with Crippen molar-refractivity contribution in [3.8, 4) is 11.4 Å². The van der Waals surface area contributed by atoms with E-state index in [1.807, 2.05) is 6.07 Å². The largest absolute Gasteiger partial charge is 0.481 e. The second-order valence-electron chi connectivity index (χ2n) is 5.40. The number of carbonyl (C=O) groups excluding carboxylic acids is 1. The summed E-state index contributed by atoms with van der Waals surface area (Å²) in [7, 11) is 0. The SMILES string of the molecule is C[C@H](Oc1ccccc1)C(=O)NCc1nnnn1-c1ccc(F)c(F)c1. The Morgan fingerprint density at radius 1 is 1.19 bits per heavy atom. The van der Waals surface area contributed by atoms with E-state index in [-0.39, 0.29) is 24.0 Å². The summed E-state index contributed by atoms with van der Waals surface area (Å²) in [4.78, 5) is 12.2. The van der Waals surface area contributed by atoms with Crippen LogP contribution in [0.5, 0.6) is 5.75 Å². The number of aromatic nitrogens is 4. The maximum Gasteiger partial charge on any atom is 0.261 e. The molecular formula is C17H15F2N5O2. The third-order valence-electron chi connectivity index (χ3n) is 3.53. The number of tetrazole rings is 1. The monoisotopic (exact) mass is 359 g/mol. The summed E-state index contributed by atoms with van der Waals surface area (Å²) in [5.74, 6) is -1.52. The van der Waals surface area contributed by atoms with Crippen molar-refractivity contribution in [2.24, 2.45) is 0 Å². The molecule has 0 radical (unpaired) electrons. The first kappa shape index (κ1) is 17.5. The molecular weight excluding hydrogens is 344 g/mol. The highest BCUT2D eigenvalue weighted by Gasteiger charge is 2.17. The van der Waals surface area contributed by atoms with Gasteiger partial charge in [0.1, 0.15) is 5.75 Å². The molecule has 0 fully saturated rings. The third-order valence-corrected chi connectivity index (χ3v) is 3.53. The molecule has 0 unspecified atom stereocenters. The maximum absolute atomic E-state index is 13.4. The first-order valence-electron chi connectivity index (χ1n) is 7.76. The molecule has 0 aliphatic heterocycles. The average Bonchev–Trinajstić information content (AvgIpc) is 3.11. The fourth-order valence-electron chi connectivity index (χ4n) is 2.20. The Labute approximate surface area is 147 Å².